The van der Waals surface area contributed by atoms with E-state index in [4.69, 9.17) is 11.0 Å². The van der Waals surface area contributed by atoms with Crippen molar-refractivity contribution in [3.05, 3.63) is 21.9 Å². The second-order valence-electron chi connectivity index (χ2n) is 2.65. The minimum absolute atomic E-state index is 0.468. The molecule has 0 atom stereocenters. The zero-order valence-electron chi connectivity index (χ0n) is 7.85. The number of nitro groups is 1. The predicted molar refractivity (Wildman–Crippen MR) is 46.7 cm³/mol. The Morgan fingerprint density at radius 2 is 2.18 bits per heavy atom. The smallest absolute Gasteiger partial charge is 0.393 e. The molecule has 17 heavy (non-hydrogen) atoms. The first-order valence-electron chi connectivity index (χ1n) is 3.85. The van der Waals surface area contributed by atoms with Gasteiger partial charge in [0.2, 0.25) is 5.88 Å². The third-order valence-electron chi connectivity index (χ3n) is 1.58. The quantitative estimate of drug-likeness (QED) is 0.623. The molecule has 10 heteroatoms. The summed E-state index contributed by atoms with van der Waals surface area (Å²) >= 11 is 0. The summed E-state index contributed by atoms with van der Waals surface area (Å²) in [6.45, 7) is 0. The summed E-state index contributed by atoms with van der Waals surface area (Å²) in [5.41, 5.74) is 2.77. The van der Waals surface area contributed by atoms with Crippen LogP contribution in [0.5, 0.6) is 5.88 Å². The fourth-order valence-corrected chi connectivity index (χ4v) is 0.946. The number of nitrogens with zero attached hydrogens (tertiary/aromatic N) is 3. The molecule has 0 aliphatic carbocycles. The van der Waals surface area contributed by atoms with Crippen LogP contribution in [-0.2, 0) is 0 Å². The second-order valence-corrected chi connectivity index (χ2v) is 2.65. The minimum atomic E-state index is -5.05. The number of halogens is 3. The average molecular weight is 248 g/mol. The van der Waals surface area contributed by atoms with Gasteiger partial charge in [0.15, 0.2) is 5.56 Å². The number of aromatic nitrogens is 1. The van der Waals surface area contributed by atoms with Gasteiger partial charge >= 0.3 is 12.0 Å². The van der Waals surface area contributed by atoms with E-state index in [0.29, 0.717) is 6.20 Å². The molecule has 0 aliphatic rings. The van der Waals surface area contributed by atoms with E-state index in [9.17, 15) is 23.3 Å². The fourth-order valence-electron chi connectivity index (χ4n) is 0.946. The highest BCUT2D eigenvalue weighted by Crippen LogP contribution is 2.32. The van der Waals surface area contributed by atoms with Gasteiger partial charge < -0.3 is 10.5 Å². The van der Waals surface area contributed by atoms with Gasteiger partial charge in [-0.3, -0.25) is 10.1 Å². The molecule has 1 rings (SSSR count). The van der Waals surface area contributed by atoms with Gasteiger partial charge in [-0.05, 0) is 0 Å². The largest absolute Gasteiger partial charge is 0.574 e. The molecule has 0 fully saturated rings. The van der Waals surface area contributed by atoms with Crippen LogP contribution in [0.4, 0.5) is 24.5 Å². The fraction of sp³-hybridized carbons (Fsp3) is 0.143. The van der Waals surface area contributed by atoms with Crippen LogP contribution < -0.4 is 10.5 Å². The zero-order valence-corrected chi connectivity index (χ0v) is 7.85. The molecule has 90 valence electrons. The number of pyridine rings is 1. The molecular formula is C7H3F3N4O3. The van der Waals surface area contributed by atoms with Crippen LogP contribution in [0.25, 0.3) is 0 Å². The molecule has 0 unspecified atom stereocenters. The summed E-state index contributed by atoms with van der Waals surface area (Å²) in [6.07, 6.45) is -4.58. The van der Waals surface area contributed by atoms with Gasteiger partial charge in [-0.25, -0.2) is 4.98 Å². The highest BCUT2D eigenvalue weighted by molar-refractivity contribution is 5.68. The third kappa shape index (κ3) is 2.71. The summed E-state index contributed by atoms with van der Waals surface area (Å²) in [7, 11) is 0. The van der Waals surface area contributed by atoms with Gasteiger partial charge in [0.25, 0.3) is 0 Å². The molecule has 0 amide bonds. The van der Waals surface area contributed by atoms with Crippen molar-refractivity contribution >= 4 is 11.4 Å². The second kappa shape index (κ2) is 4.12. The van der Waals surface area contributed by atoms with Crippen LogP contribution in [0, 0.1) is 21.4 Å². The van der Waals surface area contributed by atoms with Gasteiger partial charge in [0, 0.05) is 0 Å². The van der Waals surface area contributed by atoms with Crippen LogP contribution in [0.1, 0.15) is 5.56 Å². The van der Waals surface area contributed by atoms with Crippen molar-refractivity contribution in [2.45, 2.75) is 6.36 Å². The molecular weight excluding hydrogens is 245 g/mol. The van der Waals surface area contributed by atoms with Gasteiger partial charge in [0.1, 0.15) is 18.0 Å². The molecule has 0 radical (unpaired) electrons. The number of nitrogen functional groups attached to an aromatic ring is 1. The van der Waals surface area contributed by atoms with Crippen molar-refractivity contribution in [2.75, 3.05) is 5.73 Å². The topological polar surface area (TPSA) is 115 Å². The van der Waals surface area contributed by atoms with E-state index in [2.05, 4.69) is 9.72 Å². The van der Waals surface area contributed by atoms with E-state index in [1.54, 1.807) is 0 Å². The van der Waals surface area contributed by atoms with Gasteiger partial charge in [-0.1, -0.05) is 0 Å². The zero-order chi connectivity index (χ0) is 13.2. The Kier molecular flexibility index (Phi) is 3.03. The number of hydrogen-bond donors (Lipinski definition) is 1. The highest BCUT2D eigenvalue weighted by Gasteiger charge is 2.34. The van der Waals surface area contributed by atoms with E-state index >= 15 is 0 Å². The Bertz CT molecular complexity index is 508. The van der Waals surface area contributed by atoms with E-state index in [1.165, 1.54) is 6.07 Å². The molecule has 0 aliphatic heterocycles. The lowest BCUT2D eigenvalue weighted by Gasteiger charge is -2.10. The summed E-state index contributed by atoms with van der Waals surface area (Å²) < 4.78 is 39.0. The molecule has 0 bridgehead atoms. The first-order valence-corrected chi connectivity index (χ1v) is 3.85. The molecule has 0 saturated carbocycles. The molecule has 2 N–H and O–H groups in total. The lowest BCUT2D eigenvalue weighted by Crippen LogP contribution is -2.19. The number of rotatable bonds is 2. The van der Waals surface area contributed by atoms with E-state index in [-0.39, 0.29) is 0 Å². The summed E-state index contributed by atoms with van der Waals surface area (Å²) in [4.78, 5) is 12.5. The number of anilines is 1. The minimum Gasteiger partial charge on any atom is -0.393 e. The lowest BCUT2D eigenvalue weighted by molar-refractivity contribution is -0.385. The van der Waals surface area contributed by atoms with E-state index in [0.717, 1.165) is 0 Å². The van der Waals surface area contributed by atoms with Crippen LogP contribution in [0.3, 0.4) is 0 Å². The van der Waals surface area contributed by atoms with Crippen molar-refractivity contribution in [3.8, 4) is 11.9 Å². The molecule has 1 aromatic heterocycles. The summed E-state index contributed by atoms with van der Waals surface area (Å²) in [6, 6.07) is 1.32. The number of ether oxygens (including phenoxy) is 1. The number of alkyl halides is 3. The van der Waals surface area contributed by atoms with Crippen LogP contribution in [0.15, 0.2) is 6.20 Å². The Balaban J connectivity index is 3.32. The van der Waals surface area contributed by atoms with Gasteiger partial charge in [0.05, 0.1) is 4.92 Å². The Labute approximate surface area is 91.4 Å². The Hall–Kier alpha value is -2.57. The predicted octanol–water partition coefficient (Wildman–Crippen LogP) is 1.34. The molecule has 0 aromatic carbocycles. The molecule has 0 spiro atoms. The van der Waals surface area contributed by atoms with E-state index < -0.39 is 34.1 Å². The first-order chi connectivity index (χ1) is 7.76. The maximum absolute atomic E-state index is 11.9. The summed E-state index contributed by atoms with van der Waals surface area (Å²) in [5, 5.41) is 19.0. The van der Waals surface area contributed by atoms with Crippen molar-refractivity contribution in [2.24, 2.45) is 0 Å². The standard InChI is InChI=1S/C7H3F3N4O3/c8-7(9,10)17-6-5(12)3(1-11)4(2-13-6)14(15)16/h2H,12H2. The number of nitriles is 1. The third-order valence-corrected chi connectivity index (χ3v) is 1.58. The molecule has 0 saturated heterocycles. The molecule has 1 heterocycles. The normalized spacial score (nSPS) is 10.7. The number of hydrogen-bond acceptors (Lipinski definition) is 6. The van der Waals surface area contributed by atoms with Gasteiger partial charge in [-0.15, -0.1) is 13.2 Å². The molecule has 7 nitrogen and oxygen atoms in total. The van der Waals surface area contributed by atoms with Crippen LogP contribution in [0.2, 0.25) is 0 Å². The summed E-state index contributed by atoms with van der Waals surface area (Å²) in [5.74, 6) is -1.10. The Morgan fingerprint density at radius 3 is 2.59 bits per heavy atom. The van der Waals surface area contributed by atoms with Gasteiger partial charge in [-0.2, -0.15) is 5.26 Å². The SMILES string of the molecule is N#Cc1c([N+](=O)[O-])cnc(OC(F)(F)F)c1N. The molecule has 1 aromatic rings. The monoisotopic (exact) mass is 248 g/mol. The van der Waals surface area contributed by atoms with E-state index in [1.807, 2.05) is 0 Å². The maximum atomic E-state index is 11.9. The van der Waals surface area contributed by atoms with Crippen molar-refractivity contribution in [1.82, 2.24) is 4.98 Å². The number of nitrogens with two attached hydrogens (primary N) is 1. The van der Waals surface area contributed by atoms with Crippen molar-refractivity contribution in [1.29, 1.82) is 5.26 Å². The highest BCUT2D eigenvalue weighted by atomic mass is 19.4. The maximum Gasteiger partial charge on any atom is 0.574 e. The van der Waals surface area contributed by atoms with Crippen LogP contribution >= 0.6 is 0 Å². The Morgan fingerprint density at radius 1 is 1.59 bits per heavy atom. The lowest BCUT2D eigenvalue weighted by atomic mass is 10.2. The van der Waals surface area contributed by atoms with Crippen molar-refractivity contribution < 1.29 is 22.8 Å². The first kappa shape index (κ1) is 12.5. The van der Waals surface area contributed by atoms with Crippen LogP contribution in [-0.4, -0.2) is 16.3 Å². The van der Waals surface area contributed by atoms with Crippen molar-refractivity contribution in [3.63, 3.8) is 0 Å². The average Bonchev–Trinajstić information content (AvgIpc) is 2.18.